The van der Waals surface area contributed by atoms with Crippen LogP contribution in [-0.4, -0.2) is 21.4 Å². The molecule has 0 saturated carbocycles. The summed E-state index contributed by atoms with van der Waals surface area (Å²) in [6.07, 6.45) is 0. The Morgan fingerprint density at radius 1 is 0.968 bits per heavy atom. The zero-order valence-electron chi connectivity index (χ0n) is 17.7. The van der Waals surface area contributed by atoms with Gasteiger partial charge in [0.25, 0.3) is 10.0 Å². The van der Waals surface area contributed by atoms with Gasteiger partial charge in [-0.25, -0.2) is 8.42 Å². The first-order valence-electron chi connectivity index (χ1n) is 9.51. The maximum absolute atomic E-state index is 12.8. The van der Waals surface area contributed by atoms with Crippen molar-refractivity contribution in [1.29, 1.82) is 0 Å². The molecule has 2 N–H and O–H groups in total. The summed E-state index contributed by atoms with van der Waals surface area (Å²) in [5.41, 5.74) is 3.27. The lowest BCUT2D eigenvalue weighted by Gasteiger charge is -2.13. The third-order valence-corrected chi connectivity index (χ3v) is 7.02. The maximum Gasteiger partial charge on any atom is 0.262 e. The van der Waals surface area contributed by atoms with Crippen molar-refractivity contribution < 1.29 is 17.9 Å². The van der Waals surface area contributed by atoms with Crippen LogP contribution in [0, 0.1) is 13.8 Å². The lowest BCUT2D eigenvalue weighted by atomic mass is 10.2. The van der Waals surface area contributed by atoms with Crippen LogP contribution in [0.15, 0.2) is 75.4 Å². The minimum absolute atomic E-state index is 0.0344. The van der Waals surface area contributed by atoms with E-state index in [1.165, 1.54) is 43.4 Å². The Bertz CT molecular complexity index is 1210. The molecular weight excluding hydrogens is 432 g/mol. The summed E-state index contributed by atoms with van der Waals surface area (Å²) < 4.78 is 33.4. The number of amides is 1. The molecule has 8 heteroatoms. The number of rotatable bonds is 7. The number of sulfonamides is 1. The highest BCUT2D eigenvalue weighted by Gasteiger charge is 2.17. The monoisotopic (exact) mass is 456 g/mol. The molecule has 3 rings (SSSR count). The molecule has 31 heavy (non-hydrogen) atoms. The van der Waals surface area contributed by atoms with E-state index in [9.17, 15) is 13.2 Å². The molecule has 0 fully saturated rings. The predicted octanol–water partition coefficient (Wildman–Crippen LogP) is 5.22. The van der Waals surface area contributed by atoms with Gasteiger partial charge in [0.15, 0.2) is 0 Å². The van der Waals surface area contributed by atoms with Crippen LogP contribution in [0.2, 0.25) is 0 Å². The predicted molar refractivity (Wildman–Crippen MR) is 125 cm³/mol. The highest BCUT2D eigenvalue weighted by Crippen LogP contribution is 2.32. The second-order valence-electron chi connectivity index (χ2n) is 7.04. The van der Waals surface area contributed by atoms with E-state index in [1.54, 1.807) is 23.9 Å². The summed E-state index contributed by atoms with van der Waals surface area (Å²) >= 11 is 1.63. The van der Waals surface area contributed by atoms with Crippen LogP contribution in [0.3, 0.4) is 0 Å². The Balaban J connectivity index is 1.76. The van der Waals surface area contributed by atoms with Crippen LogP contribution in [-0.2, 0) is 14.8 Å². The molecule has 0 unspecified atom stereocenters. The smallest absolute Gasteiger partial charge is 0.262 e. The second kappa shape index (κ2) is 9.45. The second-order valence-corrected chi connectivity index (χ2v) is 9.84. The molecule has 0 heterocycles. The summed E-state index contributed by atoms with van der Waals surface area (Å²) in [6.45, 7) is 5.50. The van der Waals surface area contributed by atoms with Gasteiger partial charge < -0.3 is 10.1 Å². The molecule has 0 saturated heterocycles. The average Bonchev–Trinajstić information content (AvgIpc) is 2.71. The van der Waals surface area contributed by atoms with E-state index in [4.69, 9.17) is 4.74 Å². The Morgan fingerprint density at radius 3 is 2.29 bits per heavy atom. The number of hydrogen-bond acceptors (Lipinski definition) is 5. The molecule has 0 aromatic heterocycles. The van der Waals surface area contributed by atoms with Gasteiger partial charge in [0.1, 0.15) is 5.75 Å². The highest BCUT2D eigenvalue weighted by atomic mass is 32.2. The first-order valence-corrected chi connectivity index (χ1v) is 11.8. The fourth-order valence-electron chi connectivity index (χ4n) is 2.98. The number of methoxy groups -OCH3 is 1. The van der Waals surface area contributed by atoms with E-state index in [0.29, 0.717) is 11.4 Å². The molecule has 0 aliphatic rings. The summed E-state index contributed by atoms with van der Waals surface area (Å²) in [5, 5.41) is 2.60. The molecule has 6 nitrogen and oxygen atoms in total. The Kier molecular flexibility index (Phi) is 6.92. The number of aryl methyl sites for hydroxylation is 2. The molecule has 0 atom stereocenters. The van der Waals surface area contributed by atoms with Gasteiger partial charge in [-0.3, -0.25) is 9.52 Å². The van der Waals surface area contributed by atoms with Crippen LogP contribution >= 0.6 is 11.8 Å². The molecule has 162 valence electrons. The van der Waals surface area contributed by atoms with E-state index >= 15 is 0 Å². The van der Waals surface area contributed by atoms with E-state index in [0.717, 1.165) is 9.79 Å². The summed E-state index contributed by atoms with van der Waals surface area (Å²) in [7, 11) is -2.41. The van der Waals surface area contributed by atoms with Crippen LogP contribution in [0.25, 0.3) is 0 Å². The fraction of sp³-hybridized carbons (Fsp3) is 0.174. The molecule has 0 spiro atoms. The topological polar surface area (TPSA) is 84.5 Å². The average molecular weight is 457 g/mol. The van der Waals surface area contributed by atoms with E-state index < -0.39 is 10.0 Å². The van der Waals surface area contributed by atoms with E-state index in [-0.39, 0.29) is 16.6 Å². The van der Waals surface area contributed by atoms with Gasteiger partial charge in [0, 0.05) is 28.5 Å². The summed E-state index contributed by atoms with van der Waals surface area (Å²) in [5.74, 6) is -0.0101. The molecule has 0 aliphatic heterocycles. The molecule has 3 aromatic rings. The van der Waals surface area contributed by atoms with Gasteiger partial charge in [-0.1, -0.05) is 29.5 Å². The number of carbonyl (C=O) groups excluding carboxylic acids is 1. The zero-order valence-corrected chi connectivity index (χ0v) is 19.4. The largest absolute Gasteiger partial charge is 0.495 e. The van der Waals surface area contributed by atoms with E-state index in [1.807, 2.05) is 12.1 Å². The first-order chi connectivity index (χ1) is 14.7. The van der Waals surface area contributed by atoms with Crippen LogP contribution < -0.4 is 14.8 Å². The van der Waals surface area contributed by atoms with Crippen molar-refractivity contribution in [2.45, 2.75) is 35.5 Å². The minimum Gasteiger partial charge on any atom is -0.495 e. The molecule has 0 aliphatic carbocycles. The number of ether oxygens (including phenoxy) is 1. The van der Waals surface area contributed by atoms with Gasteiger partial charge in [-0.2, -0.15) is 0 Å². The number of hydrogen-bond donors (Lipinski definition) is 2. The molecule has 0 radical (unpaired) electrons. The third-order valence-electron chi connectivity index (χ3n) is 4.46. The lowest BCUT2D eigenvalue weighted by molar-refractivity contribution is -0.114. The van der Waals surface area contributed by atoms with Crippen LogP contribution in [0.5, 0.6) is 5.75 Å². The standard InChI is InChI=1S/C23H24N2O4S2/c1-15-5-12-23(16(2)13-15)30-19-8-6-18(7-9-19)25-31(27,28)20-10-11-21(24-17(3)26)22(14-20)29-4/h5-14,25H,1-4H3,(H,24,26). The first kappa shape index (κ1) is 22.7. The van der Waals surface area contributed by atoms with Crippen molar-refractivity contribution in [3.05, 3.63) is 71.8 Å². The lowest BCUT2D eigenvalue weighted by Crippen LogP contribution is -2.14. The number of carbonyl (C=O) groups is 1. The third kappa shape index (κ3) is 5.80. The summed E-state index contributed by atoms with van der Waals surface area (Å²) in [6, 6.07) is 17.8. The van der Waals surface area contributed by atoms with Crippen molar-refractivity contribution in [3.63, 3.8) is 0 Å². The van der Waals surface area contributed by atoms with Gasteiger partial charge in [0.05, 0.1) is 17.7 Å². The van der Waals surface area contributed by atoms with Crippen molar-refractivity contribution >= 4 is 39.1 Å². The molecule has 1 amide bonds. The summed E-state index contributed by atoms with van der Waals surface area (Å²) in [4.78, 5) is 13.5. The maximum atomic E-state index is 12.8. The number of anilines is 2. The minimum atomic E-state index is -3.82. The van der Waals surface area contributed by atoms with Gasteiger partial charge in [-0.15, -0.1) is 0 Å². The molecular formula is C23H24N2O4S2. The van der Waals surface area contributed by atoms with Gasteiger partial charge in [-0.05, 0) is 61.9 Å². The normalized spacial score (nSPS) is 11.1. The highest BCUT2D eigenvalue weighted by molar-refractivity contribution is 7.99. The van der Waals surface area contributed by atoms with Crippen molar-refractivity contribution in [2.24, 2.45) is 0 Å². The fourth-order valence-corrected chi connectivity index (χ4v) is 4.93. The van der Waals surface area contributed by atoms with Gasteiger partial charge >= 0.3 is 0 Å². The van der Waals surface area contributed by atoms with E-state index in [2.05, 4.69) is 42.1 Å². The Labute approximate surface area is 187 Å². The Morgan fingerprint density at radius 2 is 1.68 bits per heavy atom. The molecule has 0 bridgehead atoms. The zero-order chi connectivity index (χ0) is 22.6. The molecule has 3 aromatic carbocycles. The van der Waals surface area contributed by atoms with Crippen LogP contribution in [0.1, 0.15) is 18.1 Å². The SMILES string of the molecule is COc1cc(S(=O)(=O)Nc2ccc(Sc3ccc(C)cc3C)cc2)ccc1NC(C)=O. The number of nitrogens with one attached hydrogen (secondary N) is 2. The van der Waals surface area contributed by atoms with Crippen molar-refractivity contribution in [3.8, 4) is 5.75 Å². The van der Waals surface area contributed by atoms with Gasteiger partial charge in [0.2, 0.25) is 5.91 Å². The van der Waals surface area contributed by atoms with Crippen molar-refractivity contribution in [2.75, 3.05) is 17.1 Å². The number of benzene rings is 3. The quantitative estimate of drug-likeness (QED) is 0.509. The van der Waals surface area contributed by atoms with Crippen molar-refractivity contribution in [1.82, 2.24) is 0 Å². The van der Waals surface area contributed by atoms with Crippen LogP contribution in [0.4, 0.5) is 11.4 Å². The Hall–Kier alpha value is -2.97.